The lowest BCUT2D eigenvalue weighted by Crippen LogP contribution is -2.25. The Morgan fingerprint density at radius 2 is 1.87 bits per heavy atom. The quantitative estimate of drug-likeness (QED) is 0.549. The molecule has 4 aromatic rings. The molecule has 0 spiro atoms. The van der Waals surface area contributed by atoms with E-state index in [4.69, 9.17) is 0 Å². The van der Waals surface area contributed by atoms with E-state index in [1.54, 1.807) is 12.1 Å². The highest BCUT2D eigenvalue weighted by atomic mass is 19.1. The zero-order chi connectivity index (χ0) is 21.5. The van der Waals surface area contributed by atoms with Gasteiger partial charge in [0.05, 0.1) is 17.6 Å². The van der Waals surface area contributed by atoms with Crippen molar-refractivity contribution in [1.82, 2.24) is 25.0 Å². The molecule has 0 unspecified atom stereocenters. The van der Waals surface area contributed by atoms with Gasteiger partial charge in [-0.1, -0.05) is 24.3 Å². The average Bonchev–Trinajstić information content (AvgIpc) is 3.10. The van der Waals surface area contributed by atoms with Gasteiger partial charge in [0.2, 0.25) is 5.91 Å². The number of carbonyl (C=O) groups excluding carboxylic acids is 1. The van der Waals surface area contributed by atoms with Crippen molar-refractivity contribution >= 4 is 11.7 Å². The first-order valence-electron chi connectivity index (χ1n) is 9.92. The van der Waals surface area contributed by atoms with Crippen molar-refractivity contribution in [1.29, 1.82) is 0 Å². The van der Waals surface area contributed by atoms with Crippen LogP contribution >= 0.6 is 0 Å². The van der Waals surface area contributed by atoms with E-state index >= 15 is 0 Å². The summed E-state index contributed by atoms with van der Waals surface area (Å²) in [5.41, 5.74) is 5.20. The summed E-state index contributed by atoms with van der Waals surface area (Å²) in [7, 11) is 0. The number of rotatable bonds is 3. The van der Waals surface area contributed by atoms with Crippen LogP contribution in [0.5, 0.6) is 0 Å². The fourth-order valence-electron chi connectivity index (χ4n) is 4.08. The molecule has 0 fully saturated rings. The van der Waals surface area contributed by atoms with Crippen molar-refractivity contribution in [3.63, 3.8) is 0 Å². The number of hydrogen-bond donors (Lipinski definition) is 1. The van der Waals surface area contributed by atoms with E-state index in [9.17, 15) is 9.18 Å². The van der Waals surface area contributed by atoms with Crippen molar-refractivity contribution in [2.24, 2.45) is 0 Å². The second-order valence-corrected chi connectivity index (χ2v) is 7.57. The van der Waals surface area contributed by atoms with E-state index in [0.29, 0.717) is 23.5 Å². The Labute approximate surface area is 178 Å². The van der Waals surface area contributed by atoms with Crippen LogP contribution in [0.2, 0.25) is 0 Å². The lowest BCUT2D eigenvalue weighted by Gasteiger charge is -2.25. The molecule has 1 atom stereocenters. The largest absolute Gasteiger partial charge is 0.310 e. The second-order valence-electron chi connectivity index (χ2n) is 7.57. The highest BCUT2D eigenvalue weighted by Crippen LogP contribution is 2.40. The molecule has 0 saturated carbocycles. The molecule has 7 nitrogen and oxygen atoms in total. The van der Waals surface area contributed by atoms with E-state index in [1.807, 2.05) is 38.1 Å². The first kappa shape index (κ1) is 19.0. The lowest BCUT2D eigenvalue weighted by molar-refractivity contribution is -0.116. The van der Waals surface area contributed by atoms with Crippen LogP contribution in [0.25, 0.3) is 17.2 Å². The molecule has 8 heteroatoms. The van der Waals surface area contributed by atoms with Crippen LogP contribution in [0.1, 0.15) is 34.7 Å². The van der Waals surface area contributed by atoms with Crippen molar-refractivity contribution in [3.05, 3.63) is 82.9 Å². The number of fused-ring (bicyclic) bond motifs is 1. The summed E-state index contributed by atoms with van der Waals surface area (Å²) in [5.74, 6) is 0.265. The van der Waals surface area contributed by atoms with E-state index < -0.39 is 0 Å². The van der Waals surface area contributed by atoms with Gasteiger partial charge in [-0.15, -0.1) is 5.10 Å². The first-order chi connectivity index (χ1) is 15.0. The average molecular weight is 414 g/mol. The zero-order valence-corrected chi connectivity index (χ0v) is 17.0. The fraction of sp³-hybridized carbons (Fsp3) is 0.174. The molecule has 1 aliphatic heterocycles. The van der Waals surface area contributed by atoms with Gasteiger partial charge in [-0.3, -0.25) is 4.79 Å². The van der Waals surface area contributed by atoms with Gasteiger partial charge in [0.15, 0.2) is 0 Å². The molecule has 31 heavy (non-hydrogen) atoms. The van der Waals surface area contributed by atoms with Crippen molar-refractivity contribution < 1.29 is 9.18 Å². The van der Waals surface area contributed by atoms with Gasteiger partial charge in [0, 0.05) is 23.5 Å². The summed E-state index contributed by atoms with van der Waals surface area (Å²) in [4.78, 5) is 17.1. The third-order valence-corrected chi connectivity index (χ3v) is 5.54. The summed E-state index contributed by atoms with van der Waals surface area (Å²) in [5, 5.41) is 15.7. The second kappa shape index (κ2) is 7.39. The van der Waals surface area contributed by atoms with Crippen molar-refractivity contribution in [3.8, 4) is 17.2 Å². The van der Waals surface area contributed by atoms with Gasteiger partial charge in [0.25, 0.3) is 5.95 Å². The number of anilines is 1. The van der Waals surface area contributed by atoms with Crippen molar-refractivity contribution in [2.45, 2.75) is 26.2 Å². The first-order valence-corrected chi connectivity index (χ1v) is 9.92. The Balaban J connectivity index is 1.63. The number of aryl methyl sites for hydroxylation is 2. The maximum Gasteiger partial charge on any atom is 0.272 e. The number of nitrogens with one attached hydrogen (secondary N) is 1. The highest BCUT2D eigenvalue weighted by Gasteiger charge is 2.33. The Hall–Kier alpha value is -3.94. The summed E-state index contributed by atoms with van der Waals surface area (Å²) < 4.78 is 14.8. The molecule has 154 valence electrons. The summed E-state index contributed by atoms with van der Waals surface area (Å²) >= 11 is 0. The maximum absolute atomic E-state index is 13.3. The van der Waals surface area contributed by atoms with Gasteiger partial charge >= 0.3 is 0 Å². The van der Waals surface area contributed by atoms with E-state index in [2.05, 4.69) is 25.6 Å². The molecule has 1 aliphatic rings. The number of amides is 1. The van der Waals surface area contributed by atoms with E-state index in [0.717, 1.165) is 22.4 Å². The van der Waals surface area contributed by atoms with Crippen LogP contribution in [0, 0.1) is 19.7 Å². The topological polar surface area (TPSA) is 85.6 Å². The van der Waals surface area contributed by atoms with Gasteiger partial charge in [-0.25, -0.2) is 9.37 Å². The number of nitrogens with zero attached hydrogens (tertiary/aromatic N) is 5. The Bertz CT molecular complexity index is 1300. The van der Waals surface area contributed by atoms with Crippen LogP contribution in [-0.2, 0) is 4.79 Å². The normalized spacial score (nSPS) is 15.5. The number of carbonyl (C=O) groups is 1. The molecule has 1 amide bonds. The van der Waals surface area contributed by atoms with Gasteiger partial charge in [0.1, 0.15) is 11.6 Å². The van der Waals surface area contributed by atoms with E-state index in [1.165, 1.54) is 23.0 Å². The number of benzene rings is 2. The Morgan fingerprint density at radius 3 is 2.65 bits per heavy atom. The molecular weight excluding hydrogens is 395 g/mol. The van der Waals surface area contributed by atoms with Crippen molar-refractivity contribution in [2.75, 3.05) is 5.32 Å². The predicted molar refractivity (Wildman–Crippen MR) is 113 cm³/mol. The Kier molecular flexibility index (Phi) is 4.54. The molecule has 0 aliphatic carbocycles. The molecule has 2 aromatic heterocycles. The van der Waals surface area contributed by atoms with Crippen LogP contribution < -0.4 is 5.32 Å². The molecule has 2 aromatic carbocycles. The minimum atomic E-state index is -0.326. The minimum Gasteiger partial charge on any atom is -0.310 e. The summed E-state index contributed by atoms with van der Waals surface area (Å²) in [6.45, 7) is 3.95. The smallest absolute Gasteiger partial charge is 0.272 e. The lowest BCUT2D eigenvalue weighted by atomic mass is 9.84. The van der Waals surface area contributed by atoms with Crippen LogP contribution in [-0.4, -0.2) is 30.9 Å². The highest BCUT2D eigenvalue weighted by molar-refractivity contribution is 5.95. The monoisotopic (exact) mass is 414 g/mol. The number of hydrogen-bond acceptors (Lipinski definition) is 5. The maximum atomic E-state index is 13.3. The van der Waals surface area contributed by atoms with Gasteiger partial charge in [-0.2, -0.15) is 14.9 Å². The van der Waals surface area contributed by atoms with E-state index in [-0.39, 0.29) is 23.6 Å². The molecule has 3 heterocycles. The molecular formula is C23H19FN6O. The molecule has 0 bridgehead atoms. The molecule has 5 rings (SSSR count). The number of halogens is 1. The predicted octanol–water partition coefficient (Wildman–Crippen LogP) is 3.95. The third-order valence-electron chi connectivity index (χ3n) is 5.54. The minimum absolute atomic E-state index is 0.0930. The van der Waals surface area contributed by atoms with Gasteiger partial charge < -0.3 is 5.32 Å². The summed E-state index contributed by atoms with van der Waals surface area (Å²) in [6, 6.07) is 14.0. The Morgan fingerprint density at radius 1 is 1.10 bits per heavy atom. The fourth-order valence-corrected chi connectivity index (χ4v) is 4.08. The van der Waals surface area contributed by atoms with Crippen LogP contribution in [0.4, 0.5) is 10.2 Å². The SMILES string of the molecule is Cc1ccccc1[C@@H]1CC(=O)Nc2c1c(C)nn2-c1nncc(-c2ccc(F)cc2)n1. The standard InChI is InChI=1S/C23H19FN6O/c1-13-5-3-4-6-17(13)18-11-20(31)27-22-21(18)14(2)29-30(22)23-26-19(12-25-28-23)15-7-9-16(24)10-8-15/h3-10,12,18H,11H2,1-2H3,(H,27,31)/t18-/m0/s1. The molecule has 0 radical (unpaired) electrons. The van der Waals surface area contributed by atoms with Gasteiger partial charge in [-0.05, 0) is 49.2 Å². The molecule has 0 saturated heterocycles. The summed E-state index contributed by atoms with van der Waals surface area (Å²) in [6.07, 6.45) is 1.85. The third kappa shape index (κ3) is 3.35. The molecule has 1 N–H and O–H groups in total. The van der Waals surface area contributed by atoms with Crippen LogP contribution in [0.3, 0.4) is 0 Å². The van der Waals surface area contributed by atoms with Crippen LogP contribution in [0.15, 0.2) is 54.7 Å². The zero-order valence-electron chi connectivity index (χ0n) is 17.0. The number of aromatic nitrogens is 5.